The van der Waals surface area contributed by atoms with Gasteiger partial charge in [0.1, 0.15) is 0 Å². The fourth-order valence-electron chi connectivity index (χ4n) is 3.67. The van der Waals surface area contributed by atoms with E-state index in [-0.39, 0.29) is 6.54 Å². The van der Waals surface area contributed by atoms with E-state index in [2.05, 4.69) is 20.9 Å². The van der Waals surface area contributed by atoms with Crippen LogP contribution in [0.2, 0.25) is 5.02 Å². The van der Waals surface area contributed by atoms with Gasteiger partial charge in [-0.15, -0.1) is 0 Å². The van der Waals surface area contributed by atoms with E-state index >= 15 is 0 Å². The summed E-state index contributed by atoms with van der Waals surface area (Å²) in [5.74, 6) is -0.752. The zero-order valence-electron chi connectivity index (χ0n) is 14.5. The van der Waals surface area contributed by atoms with Crippen molar-refractivity contribution < 1.29 is 9.90 Å². The van der Waals surface area contributed by atoms with Crippen LogP contribution >= 0.6 is 11.6 Å². The van der Waals surface area contributed by atoms with Gasteiger partial charge < -0.3 is 5.11 Å². The van der Waals surface area contributed by atoms with E-state index in [4.69, 9.17) is 16.7 Å². The first-order chi connectivity index (χ1) is 12.1. The van der Waals surface area contributed by atoms with Crippen molar-refractivity contribution in [2.24, 2.45) is 0 Å². The summed E-state index contributed by atoms with van der Waals surface area (Å²) in [6, 6.07) is 8.29. The molecule has 0 saturated carbocycles. The van der Waals surface area contributed by atoms with Crippen molar-refractivity contribution in [3.8, 4) is 0 Å². The Kier molecular flexibility index (Phi) is 5.89. The average Bonchev–Trinajstić information content (AvgIpc) is 2.62. The Morgan fingerprint density at radius 2 is 2.12 bits per heavy atom. The van der Waals surface area contributed by atoms with Crippen molar-refractivity contribution in [3.05, 3.63) is 41.0 Å². The molecule has 1 aliphatic heterocycles. The predicted molar refractivity (Wildman–Crippen MR) is 99.9 cm³/mol. The normalized spacial score (nSPS) is 16.6. The monoisotopic (exact) mass is 361 g/mol. The van der Waals surface area contributed by atoms with E-state index < -0.39 is 5.97 Å². The molecule has 5 nitrogen and oxygen atoms in total. The molecule has 1 aromatic heterocycles. The molecule has 3 rings (SSSR count). The lowest BCUT2D eigenvalue weighted by Gasteiger charge is -2.37. The summed E-state index contributed by atoms with van der Waals surface area (Å²) in [7, 11) is 0. The number of carboxylic acid groups (broad SMARTS) is 1. The molecule has 1 aliphatic rings. The van der Waals surface area contributed by atoms with Crippen LogP contribution in [0.5, 0.6) is 0 Å². The van der Waals surface area contributed by atoms with Gasteiger partial charge in [0.2, 0.25) is 0 Å². The minimum atomic E-state index is -0.752. The Bertz CT molecular complexity index is 745. The Morgan fingerprint density at radius 3 is 2.80 bits per heavy atom. The maximum absolute atomic E-state index is 11.0. The number of halogens is 1. The summed E-state index contributed by atoms with van der Waals surface area (Å²) in [6.45, 7) is 5.60. The molecule has 25 heavy (non-hydrogen) atoms. The minimum Gasteiger partial charge on any atom is -0.480 e. The number of benzene rings is 1. The number of piperidine rings is 1. The van der Waals surface area contributed by atoms with Crippen LogP contribution in [0.3, 0.4) is 0 Å². The lowest BCUT2D eigenvalue weighted by atomic mass is 10.0. The van der Waals surface area contributed by atoms with Crippen LogP contribution in [0, 0.1) is 0 Å². The Balaban J connectivity index is 1.67. The summed E-state index contributed by atoms with van der Waals surface area (Å²) >= 11 is 6.44. The third kappa shape index (κ3) is 4.29. The van der Waals surface area contributed by atoms with Gasteiger partial charge in [0.15, 0.2) is 0 Å². The maximum atomic E-state index is 11.0. The minimum absolute atomic E-state index is 0.125. The third-order valence-electron chi connectivity index (χ3n) is 5.02. The van der Waals surface area contributed by atoms with Crippen LogP contribution in [0.4, 0.5) is 0 Å². The number of carbonyl (C=O) groups is 1. The average molecular weight is 362 g/mol. The number of hydrogen-bond acceptors (Lipinski definition) is 4. The molecule has 0 atom stereocenters. The number of rotatable bonds is 6. The Morgan fingerprint density at radius 1 is 1.36 bits per heavy atom. The van der Waals surface area contributed by atoms with Crippen molar-refractivity contribution in [2.45, 2.75) is 32.4 Å². The Hall–Kier alpha value is -1.69. The second kappa shape index (κ2) is 8.13. The van der Waals surface area contributed by atoms with Crippen molar-refractivity contribution in [1.29, 1.82) is 0 Å². The maximum Gasteiger partial charge on any atom is 0.317 e. The molecule has 134 valence electrons. The first kappa shape index (κ1) is 18.1. The second-order valence-corrected chi connectivity index (χ2v) is 6.97. The zero-order chi connectivity index (χ0) is 17.8. The molecule has 1 N–H and O–H groups in total. The lowest BCUT2D eigenvalue weighted by Crippen LogP contribution is -2.46. The third-order valence-corrected chi connectivity index (χ3v) is 5.38. The van der Waals surface area contributed by atoms with Gasteiger partial charge in [0, 0.05) is 34.8 Å². The van der Waals surface area contributed by atoms with E-state index in [1.165, 1.54) is 0 Å². The van der Waals surface area contributed by atoms with Gasteiger partial charge in [-0.2, -0.15) is 0 Å². The van der Waals surface area contributed by atoms with Crippen LogP contribution < -0.4 is 0 Å². The van der Waals surface area contributed by atoms with E-state index in [0.29, 0.717) is 6.04 Å². The molecule has 1 fully saturated rings. The molecular weight excluding hydrogens is 338 g/mol. The number of carboxylic acids is 1. The fraction of sp³-hybridized carbons (Fsp3) is 0.474. The number of aromatic nitrogens is 1. The standard InChI is InChI=1S/C19H24ClN3O2/c1-2-23(13-18(24)25)15-7-10-22(11-8-15)12-16-17(20)6-5-14-4-3-9-21-19(14)16/h3-6,9,15H,2,7-8,10-13H2,1H3,(H,24,25). The van der Waals surface area contributed by atoms with Gasteiger partial charge >= 0.3 is 5.97 Å². The molecule has 0 aliphatic carbocycles. The van der Waals surface area contributed by atoms with Crippen molar-refractivity contribution >= 4 is 28.5 Å². The first-order valence-electron chi connectivity index (χ1n) is 8.78. The zero-order valence-corrected chi connectivity index (χ0v) is 15.2. The van der Waals surface area contributed by atoms with Crippen molar-refractivity contribution in [1.82, 2.24) is 14.8 Å². The molecule has 1 aromatic carbocycles. The number of likely N-dealkylation sites (N-methyl/N-ethyl adjacent to an activating group) is 1. The highest BCUT2D eigenvalue weighted by atomic mass is 35.5. The number of aliphatic carboxylic acids is 1. The van der Waals surface area contributed by atoms with E-state index in [1.807, 2.05) is 25.1 Å². The molecule has 0 unspecified atom stereocenters. The molecule has 0 bridgehead atoms. The number of pyridine rings is 1. The van der Waals surface area contributed by atoms with Crippen LogP contribution in [0.15, 0.2) is 30.5 Å². The second-order valence-electron chi connectivity index (χ2n) is 6.57. The number of hydrogen-bond donors (Lipinski definition) is 1. The number of nitrogens with zero attached hydrogens (tertiary/aromatic N) is 3. The van der Waals surface area contributed by atoms with Gasteiger partial charge in [0.25, 0.3) is 0 Å². The van der Waals surface area contributed by atoms with Gasteiger partial charge in [-0.3, -0.25) is 19.6 Å². The summed E-state index contributed by atoms with van der Waals surface area (Å²) in [5.41, 5.74) is 2.05. The highest BCUT2D eigenvalue weighted by molar-refractivity contribution is 6.32. The van der Waals surface area contributed by atoms with E-state index in [1.54, 1.807) is 6.20 Å². The summed E-state index contributed by atoms with van der Waals surface area (Å²) in [6.07, 6.45) is 3.77. The predicted octanol–water partition coefficient (Wildman–Crippen LogP) is 3.26. The van der Waals surface area contributed by atoms with Gasteiger partial charge in [-0.1, -0.05) is 30.7 Å². The molecule has 1 saturated heterocycles. The van der Waals surface area contributed by atoms with Gasteiger partial charge in [-0.05, 0) is 44.6 Å². The smallest absolute Gasteiger partial charge is 0.317 e. The van der Waals surface area contributed by atoms with E-state index in [0.717, 1.165) is 60.5 Å². The summed E-state index contributed by atoms with van der Waals surface area (Å²) < 4.78 is 0. The molecular formula is C19H24ClN3O2. The number of fused-ring (bicyclic) bond motifs is 1. The van der Waals surface area contributed by atoms with Crippen molar-refractivity contribution in [3.63, 3.8) is 0 Å². The van der Waals surface area contributed by atoms with Crippen LogP contribution in [-0.4, -0.2) is 58.1 Å². The van der Waals surface area contributed by atoms with Gasteiger partial charge in [-0.25, -0.2) is 0 Å². The van der Waals surface area contributed by atoms with Crippen LogP contribution in [0.25, 0.3) is 10.9 Å². The topological polar surface area (TPSA) is 56.7 Å². The highest BCUT2D eigenvalue weighted by Gasteiger charge is 2.25. The summed E-state index contributed by atoms with van der Waals surface area (Å²) in [4.78, 5) is 20.0. The fourth-order valence-corrected chi connectivity index (χ4v) is 3.88. The molecule has 2 heterocycles. The highest BCUT2D eigenvalue weighted by Crippen LogP contribution is 2.27. The van der Waals surface area contributed by atoms with E-state index in [9.17, 15) is 4.79 Å². The molecule has 0 radical (unpaired) electrons. The molecule has 0 amide bonds. The SMILES string of the molecule is CCN(CC(=O)O)C1CCN(Cc2c(Cl)ccc3cccnc23)CC1. The van der Waals surface area contributed by atoms with Crippen LogP contribution in [0.1, 0.15) is 25.3 Å². The molecule has 0 spiro atoms. The summed E-state index contributed by atoms with van der Waals surface area (Å²) in [5, 5.41) is 10.9. The van der Waals surface area contributed by atoms with Crippen LogP contribution in [-0.2, 0) is 11.3 Å². The lowest BCUT2D eigenvalue weighted by molar-refractivity contribution is -0.139. The largest absolute Gasteiger partial charge is 0.480 e. The Labute approximate surface area is 153 Å². The molecule has 6 heteroatoms. The molecule has 2 aromatic rings. The number of likely N-dealkylation sites (tertiary alicyclic amines) is 1. The van der Waals surface area contributed by atoms with Gasteiger partial charge in [0.05, 0.1) is 12.1 Å². The quantitative estimate of drug-likeness (QED) is 0.855. The van der Waals surface area contributed by atoms with Crippen molar-refractivity contribution in [2.75, 3.05) is 26.2 Å². The first-order valence-corrected chi connectivity index (χ1v) is 9.16.